The molecule has 2 fully saturated rings. The minimum Gasteiger partial charge on any atom is -0.488 e. The van der Waals surface area contributed by atoms with Crippen LogP contribution in [0.15, 0.2) is 42.5 Å². The first-order valence-electron chi connectivity index (χ1n) is 14.9. The van der Waals surface area contributed by atoms with E-state index in [9.17, 15) is 22.8 Å². The second-order valence-corrected chi connectivity index (χ2v) is 12.7. The van der Waals surface area contributed by atoms with E-state index >= 15 is 0 Å². The first-order chi connectivity index (χ1) is 20.3. The van der Waals surface area contributed by atoms with E-state index in [1.165, 1.54) is 29.2 Å². The molecule has 43 heavy (non-hydrogen) atoms. The zero-order chi connectivity index (χ0) is 31.4. The SMILES string of the molecule is CNCc1ccccc1C1CCC(Cc2cc(O[C@H]3C[C@@H](C(=O)OC)N(C(=O)OC(C)(C)C)C3)cc(C(F)(F)F)c2)CC1. The monoisotopic (exact) mass is 604 g/mol. The second kappa shape index (κ2) is 13.6. The van der Waals surface area contributed by atoms with E-state index < -0.39 is 41.5 Å². The van der Waals surface area contributed by atoms with Crippen LogP contribution in [0, 0.1) is 5.92 Å². The number of amides is 1. The Morgan fingerprint density at radius 3 is 2.35 bits per heavy atom. The third kappa shape index (κ3) is 8.65. The maximum Gasteiger partial charge on any atom is 0.416 e. The quantitative estimate of drug-likeness (QED) is 0.332. The predicted molar refractivity (Wildman–Crippen MR) is 157 cm³/mol. The normalized spacial score (nSPS) is 22.7. The Balaban J connectivity index is 1.47. The number of esters is 1. The van der Waals surface area contributed by atoms with Crippen LogP contribution in [0.5, 0.6) is 5.75 Å². The highest BCUT2D eigenvalue weighted by Gasteiger charge is 2.43. The molecule has 1 N–H and O–H groups in total. The standard InChI is InChI=1S/C33H43F3N2O5/c1-32(2,3)43-31(40)38-20-27(18-29(38)30(39)41-5)42-26-16-22(15-25(17-26)33(34,35)36)14-21-10-12-23(13-11-21)28-9-7-6-8-24(28)19-37-4/h6-9,15-17,21,23,27,29,37H,10-14,18-20H2,1-5H3/t21?,23?,27-,29-/m0/s1. The number of likely N-dealkylation sites (tertiary alicyclic amines) is 1. The number of nitrogens with zero attached hydrogens (tertiary/aromatic N) is 1. The number of alkyl halides is 3. The molecule has 2 aliphatic rings. The van der Waals surface area contributed by atoms with E-state index in [-0.39, 0.29) is 24.6 Å². The van der Waals surface area contributed by atoms with E-state index in [1.807, 2.05) is 13.1 Å². The lowest BCUT2D eigenvalue weighted by Crippen LogP contribution is -2.44. The number of halogens is 3. The minimum atomic E-state index is -4.55. The summed E-state index contributed by atoms with van der Waals surface area (Å²) in [7, 11) is 3.15. The highest BCUT2D eigenvalue weighted by Crippen LogP contribution is 2.40. The summed E-state index contributed by atoms with van der Waals surface area (Å²) in [5.41, 5.74) is 1.64. The molecular formula is C33H43F3N2O5. The molecule has 0 unspecified atom stereocenters. The molecule has 2 aromatic rings. The van der Waals surface area contributed by atoms with Gasteiger partial charge in [-0.15, -0.1) is 0 Å². The van der Waals surface area contributed by atoms with E-state index in [2.05, 4.69) is 23.5 Å². The summed E-state index contributed by atoms with van der Waals surface area (Å²) in [6, 6.07) is 11.3. The minimum absolute atomic E-state index is 0.0146. The van der Waals surface area contributed by atoms with Crippen molar-refractivity contribution in [1.29, 1.82) is 0 Å². The summed E-state index contributed by atoms with van der Waals surface area (Å²) >= 11 is 0. The van der Waals surface area contributed by atoms with E-state index in [4.69, 9.17) is 14.2 Å². The van der Waals surface area contributed by atoms with Crippen LogP contribution in [-0.4, -0.2) is 55.4 Å². The van der Waals surface area contributed by atoms with Gasteiger partial charge in [0.25, 0.3) is 0 Å². The number of hydrogen-bond donors (Lipinski definition) is 1. The fourth-order valence-electron chi connectivity index (χ4n) is 6.26. The number of benzene rings is 2. The smallest absolute Gasteiger partial charge is 0.416 e. The van der Waals surface area contributed by atoms with Crippen LogP contribution >= 0.6 is 0 Å². The van der Waals surface area contributed by atoms with Crippen molar-refractivity contribution >= 4 is 12.1 Å². The van der Waals surface area contributed by atoms with Crippen LogP contribution in [0.1, 0.15) is 81.0 Å². The molecule has 7 nitrogen and oxygen atoms in total. The van der Waals surface area contributed by atoms with E-state index in [1.54, 1.807) is 26.8 Å². The van der Waals surface area contributed by atoms with Gasteiger partial charge in [0, 0.05) is 13.0 Å². The molecule has 2 atom stereocenters. The first kappa shape index (κ1) is 32.6. The molecule has 0 radical (unpaired) electrons. The largest absolute Gasteiger partial charge is 0.488 e. The van der Waals surface area contributed by atoms with Crippen molar-refractivity contribution in [2.45, 2.75) is 95.7 Å². The van der Waals surface area contributed by atoms with Crippen LogP contribution in [-0.2, 0) is 33.4 Å². The Hall–Kier alpha value is -3.27. The van der Waals surface area contributed by atoms with Crippen LogP contribution < -0.4 is 10.1 Å². The van der Waals surface area contributed by atoms with Crippen molar-refractivity contribution < 1.29 is 37.0 Å². The third-order valence-electron chi connectivity index (χ3n) is 8.19. The average Bonchev–Trinajstić information content (AvgIpc) is 3.36. The number of carbonyl (C=O) groups is 2. The van der Waals surface area contributed by atoms with E-state index in [0.717, 1.165) is 38.3 Å². The van der Waals surface area contributed by atoms with Gasteiger partial charge in [0.2, 0.25) is 0 Å². The Kier molecular flexibility index (Phi) is 10.3. The fourth-order valence-corrected chi connectivity index (χ4v) is 6.26. The maximum absolute atomic E-state index is 13.9. The molecule has 1 amide bonds. The zero-order valence-electron chi connectivity index (χ0n) is 25.6. The summed E-state index contributed by atoms with van der Waals surface area (Å²) in [6.45, 7) is 5.92. The van der Waals surface area contributed by atoms with Crippen molar-refractivity contribution in [3.8, 4) is 5.75 Å². The lowest BCUT2D eigenvalue weighted by Gasteiger charge is -2.30. The molecule has 1 heterocycles. The lowest BCUT2D eigenvalue weighted by atomic mass is 9.75. The molecule has 0 spiro atoms. The number of methoxy groups -OCH3 is 1. The molecule has 1 aliphatic carbocycles. The van der Waals surface area contributed by atoms with Gasteiger partial charge in [0.1, 0.15) is 23.5 Å². The number of nitrogens with one attached hydrogen (secondary N) is 1. The molecule has 10 heteroatoms. The molecule has 236 valence electrons. The van der Waals surface area contributed by atoms with Crippen LogP contribution in [0.4, 0.5) is 18.0 Å². The number of rotatable bonds is 8. The van der Waals surface area contributed by atoms with Gasteiger partial charge < -0.3 is 19.5 Å². The van der Waals surface area contributed by atoms with Gasteiger partial charge in [-0.3, -0.25) is 4.90 Å². The van der Waals surface area contributed by atoms with E-state index in [0.29, 0.717) is 17.9 Å². The molecule has 4 rings (SSSR count). The van der Waals surface area contributed by atoms with Crippen molar-refractivity contribution in [1.82, 2.24) is 10.2 Å². The predicted octanol–water partition coefficient (Wildman–Crippen LogP) is 6.87. The molecule has 0 aromatic heterocycles. The first-order valence-corrected chi connectivity index (χ1v) is 14.9. The second-order valence-electron chi connectivity index (χ2n) is 12.7. The van der Waals surface area contributed by atoms with Gasteiger partial charge in [-0.1, -0.05) is 24.3 Å². The molecule has 1 saturated heterocycles. The van der Waals surface area contributed by atoms with Gasteiger partial charge in [0.15, 0.2) is 0 Å². The van der Waals surface area contributed by atoms with Gasteiger partial charge in [-0.2, -0.15) is 13.2 Å². The summed E-state index contributed by atoms with van der Waals surface area (Å²) < 4.78 is 58.1. The van der Waals surface area contributed by atoms with Gasteiger partial charge in [-0.05, 0) is 107 Å². The summed E-state index contributed by atoms with van der Waals surface area (Å²) in [6.07, 6.45) is -1.52. The van der Waals surface area contributed by atoms with Crippen LogP contribution in [0.2, 0.25) is 0 Å². The van der Waals surface area contributed by atoms with Crippen molar-refractivity contribution in [2.24, 2.45) is 5.92 Å². The summed E-state index contributed by atoms with van der Waals surface area (Å²) in [5.74, 6) is 0.145. The Labute approximate surface area is 252 Å². The van der Waals surface area contributed by atoms with Gasteiger partial charge >= 0.3 is 18.2 Å². The third-order valence-corrected chi connectivity index (χ3v) is 8.19. The Bertz CT molecular complexity index is 1270. The van der Waals surface area contributed by atoms with Crippen molar-refractivity contribution in [3.63, 3.8) is 0 Å². The molecule has 1 aliphatic heterocycles. The van der Waals surface area contributed by atoms with Crippen molar-refractivity contribution in [3.05, 3.63) is 64.7 Å². The topological polar surface area (TPSA) is 77.1 Å². The highest BCUT2D eigenvalue weighted by molar-refractivity contribution is 5.82. The lowest BCUT2D eigenvalue weighted by molar-refractivity contribution is -0.145. The Morgan fingerprint density at radius 1 is 1.02 bits per heavy atom. The average molecular weight is 605 g/mol. The Morgan fingerprint density at radius 2 is 1.72 bits per heavy atom. The maximum atomic E-state index is 13.9. The molecule has 2 aromatic carbocycles. The number of ether oxygens (including phenoxy) is 3. The fraction of sp³-hybridized carbons (Fsp3) is 0.576. The number of carbonyl (C=O) groups excluding carboxylic acids is 2. The molecule has 0 bridgehead atoms. The van der Waals surface area contributed by atoms with Crippen molar-refractivity contribution in [2.75, 3.05) is 20.7 Å². The van der Waals surface area contributed by atoms with Crippen LogP contribution in [0.25, 0.3) is 0 Å². The number of hydrogen-bond acceptors (Lipinski definition) is 6. The summed E-state index contributed by atoms with van der Waals surface area (Å²) in [5, 5.41) is 3.23. The molecular weight excluding hydrogens is 561 g/mol. The van der Waals surface area contributed by atoms with Crippen LogP contribution in [0.3, 0.4) is 0 Å². The highest BCUT2D eigenvalue weighted by atomic mass is 19.4. The van der Waals surface area contributed by atoms with Gasteiger partial charge in [-0.25, -0.2) is 9.59 Å². The van der Waals surface area contributed by atoms with Gasteiger partial charge in [0.05, 0.1) is 19.2 Å². The summed E-state index contributed by atoms with van der Waals surface area (Å²) in [4.78, 5) is 26.5. The zero-order valence-corrected chi connectivity index (χ0v) is 25.6. The molecule has 1 saturated carbocycles.